The van der Waals surface area contributed by atoms with E-state index >= 15 is 0 Å². The van der Waals surface area contributed by atoms with E-state index < -0.39 is 15.9 Å². The van der Waals surface area contributed by atoms with E-state index in [0.29, 0.717) is 17.5 Å². The molecule has 1 amide bonds. The quantitative estimate of drug-likeness (QED) is 0.669. The molecule has 0 atom stereocenters. The van der Waals surface area contributed by atoms with Crippen molar-refractivity contribution < 1.29 is 18.3 Å². The molecule has 0 aromatic heterocycles. The number of nitrogens with one attached hydrogen (secondary N) is 1. The first-order valence-electron chi connectivity index (χ1n) is 9.25. The van der Waals surface area contributed by atoms with E-state index in [2.05, 4.69) is 5.32 Å². The van der Waals surface area contributed by atoms with Gasteiger partial charge in [0, 0.05) is 13.1 Å². The zero-order valence-corrected chi connectivity index (χ0v) is 17.4. The zero-order chi connectivity index (χ0) is 20.7. The molecule has 0 aliphatic rings. The van der Waals surface area contributed by atoms with Crippen LogP contribution in [0.1, 0.15) is 22.3 Å². The fourth-order valence-electron chi connectivity index (χ4n) is 3.30. The lowest BCUT2D eigenvalue weighted by molar-refractivity contribution is -0.121. The lowest BCUT2D eigenvalue weighted by Crippen LogP contribution is -2.42. The summed E-state index contributed by atoms with van der Waals surface area (Å²) in [5.74, 6) is -0.437. The van der Waals surface area contributed by atoms with Crippen molar-refractivity contribution in [3.8, 4) is 0 Å². The molecule has 7 heteroatoms. The van der Waals surface area contributed by atoms with Gasteiger partial charge >= 0.3 is 0 Å². The van der Waals surface area contributed by atoms with Crippen molar-refractivity contribution in [1.82, 2.24) is 9.62 Å². The highest BCUT2D eigenvalue weighted by atomic mass is 32.2. The second-order valence-corrected chi connectivity index (χ2v) is 8.75. The van der Waals surface area contributed by atoms with Gasteiger partial charge in [0.15, 0.2) is 0 Å². The molecule has 2 aromatic carbocycles. The highest BCUT2D eigenvalue weighted by Gasteiger charge is 2.29. The van der Waals surface area contributed by atoms with Crippen LogP contribution in [0.15, 0.2) is 47.4 Å². The number of carbonyl (C=O) groups excluding carboxylic acids is 1. The number of rotatable bonds is 9. The molecule has 0 heterocycles. The van der Waals surface area contributed by atoms with Crippen molar-refractivity contribution in [2.45, 2.75) is 32.1 Å². The molecule has 152 valence electrons. The second-order valence-electron chi connectivity index (χ2n) is 6.88. The molecule has 0 spiro atoms. The van der Waals surface area contributed by atoms with Crippen LogP contribution in [0.3, 0.4) is 0 Å². The van der Waals surface area contributed by atoms with Gasteiger partial charge in [-0.05, 0) is 43.9 Å². The van der Waals surface area contributed by atoms with Crippen LogP contribution in [0.5, 0.6) is 0 Å². The predicted octanol–water partition coefficient (Wildman–Crippen LogP) is 1.95. The Labute approximate surface area is 167 Å². The third kappa shape index (κ3) is 5.64. The SMILES string of the molecule is Cc1cc(C)c(S(=O)(=O)N(CCc2ccccc2)CC(=O)NCCO)c(C)c1. The maximum absolute atomic E-state index is 13.4. The molecular formula is C21H28N2O4S. The van der Waals surface area contributed by atoms with E-state index in [1.54, 1.807) is 13.8 Å². The molecule has 0 fully saturated rings. The van der Waals surface area contributed by atoms with Gasteiger partial charge in [0.1, 0.15) is 0 Å². The maximum atomic E-state index is 13.4. The van der Waals surface area contributed by atoms with Crippen molar-refractivity contribution in [2.24, 2.45) is 0 Å². The number of aliphatic hydroxyl groups excluding tert-OH is 1. The first-order chi connectivity index (χ1) is 13.3. The number of sulfonamides is 1. The van der Waals surface area contributed by atoms with Crippen LogP contribution >= 0.6 is 0 Å². The van der Waals surface area contributed by atoms with Gasteiger partial charge in [0.05, 0.1) is 18.0 Å². The fraction of sp³-hybridized carbons (Fsp3) is 0.381. The van der Waals surface area contributed by atoms with E-state index in [1.807, 2.05) is 49.4 Å². The monoisotopic (exact) mass is 404 g/mol. The summed E-state index contributed by atoms with van der Waals surface area (Å²) in [5.41, 5.74) is 3.32. The molecule has 0 saturated carbocycles. The maximum Gasteiger partial charge on any atom is 0.244 e. The Kier molecular flexibility index (Phi) is 7.74. The molecule has 2 aromatic rings. The van der Waals surface area contributed by atoms with Crippen LogP contribution in [-0.4, -0.2) is 50.0 Å². The Balaban J connectivity index is 2.34. The summed E-state index contributed by atoms with van der Waals surface area (Å²) >= 11 is 0. The van der Waals surface area contributed by atoms with E-state index in [9.17, 15) is 13.2 Å². The van der Waals surface area contributed by atoms with Gasteiger partial charge in [-0.15, -0.1) is 0 Å². The van der Waals surface area contributed by atoms with Gasteiger partial charge in [-0.3, -0.25) is 4.79 Å². The molecule has 0 bridgehead atoms. The minimum Gasteiger partial charge on any atom is -0.395 e. The van der Waals surface area contributed by atoms with Gasteiger partial charge in [-0.1, -0.05) is 48.0 Å². The lowest BCUT2D eigenvalue weighted by Gasteiger charge is -2.24. The second kappa shape index (κ2) is 9.82. The van der Waals surface area contributed by atoms with E-state index in [0.717, 1.165) is 11.1 Å². The summed E-state index contributed by atoms with van der Waals surface area (Å²) in [6.45, 7) is 5.26. The third-order valence-corrected chi connectivity index (χ3v) is 6.60. The van der Waals surface area contributed by atoms with Gasteiger partial charge < -0.3 is 10.4 Å². The van der Waals surface area contributed by atoms with Gasteiger partial charge in [0.25, 0.3) is 0 Å². The number of hydrogen-bond acceptors (Lipinski definition) is 4. The van der Waals surface area contributed by atoms with Gasteiger partial charge in [-0.2, -0.15) is 4.31 Å². The lowest BCUT2D eigenvalue weighted by atomic mass is 10.1. The smallest absolute Gasteiger partial charge is 0.244 e. The Hall–Kier alpha value is -2.22. The topological polar surface area (TPSA) is 86.7 Å². The van der Waals surface area contributed by atoms with Crippen molar-refractivity contribution in [2.75, 3.05) is 26.2 Å². The van der Waals surface area contributed by atoms with Crippen LogP contribution < -0.4 is 5.32 Å². The summed E-state index contributed by atoms with van der Waals surface area (Å²) in [6.07, 6.45) is 0.497. The van der Waals surface area contributed by atoms with Crippen LogP contribution in [-0.2, 0) is 21.2 Å². The minimum atomic E-state index is -3.86. The Bertz CT molecular complexity index is 888. The third-order valence-electron chi connectivity index (χ3n) is 4.45. The van der Waals surface area contributed by atoms with Crippen molar-refractivity contribution in [3.05, 3.63) is 64.7 Å². The molecule has 28 heavy (non-hydrogen) atoms. The summed E-state index contributed by atoms with van der Waals surface area (Å²) in [5, 5.41) is 11.4. The Morgan fingerprint density at radius 2 is 1.68 bits per heavy atom. The number of benzene rings is 2. The Morgan fingerprint density at radius 1 is 1.07 bits per heavy atom. The summed E-state index contributed by atoms with van der Waals surface area (Å²) < 4.78 is 28.0. The Morgan fingerprint density at radius 3 is 2.25 bits per heavy atom. The van der Waals surface area contributed by atoms with Crippen molar-refractivity contribution in [3.63, 3.8) is 0 Å². The summed E-state index contributed by atoms with van der Waals surface area (Å²) in [4.78, 5) is 12.4. The zero-order valence-electron chi connectivity index (χ0n) is 16.6. The highest BCUT2D eigenvalue weighted by Crippen LogP contribution is 2.25. The number of amides is 1. The van der Waals surface area contributed by atoms with Gasteiger partial charge in [0.2, 0.25) is 15.9 Å². The van der Waals surface area contributed by atoms with Crippen LogP contribution in [0.4, 0.5) is 0 Å². The number of carbonyl (C=O) groups is 1. The molecule has 0 unspecified atom stereocenters. The average molecular weight is 405 g/mol. The molecule has 0 saturated heterocycles. The van der Waals surface area contributed by atoms with Crippen LogP contribution in [0, 0.1) is 20.8 Å². The molecule has 2 N–H and O–H groups in total. The van der Waals surface area contributed by atoms with Crippen LogP contribution in [0.25, 0.3) is 0 Å². The number of hydrogen-bond donors (Lipinski definition) is 2. The van der Waals surface area contributed by atoms with E-state index in [4.69, 9.17) is 5.11 Å². The number of nitrogens with zero attached hydrogens (tertiary/aromatic N) is 1. The highest BCUT2D eigenvalue weighted by molar-refractivity contribution is 7.89. The number of aliphatic hydroxyl groups is 1. The standard InChI is InChI=1S/C21H28N2O4S/c1-16-13-17(2)21(18(3)14-16)28(26,27)23(15-20(25)22-10-12-24)11-9-19-7-5-4-6-8-19/h4-8,13-14,24H,9-12,15H2,1-3H3,(H,22,25). The molecule has 0 radical (unpaired) electrons. The predicted molar refractivity (Wildman–Crippen MR) is 110 cm³/mol. The summed E-state index contributed by atoms with van der Waals surface area (Å²) in [6, 6.07) is 13.2. The molecule has 2 rings (SSSR count). The number of aryl methyl sites for hydroxylation is 3. The van der Waals surface area contributed by atoms with Gasteiger partial charge in [-0.25, -0.2) is 8.42 Å². The normalized spacial score (nSPS) is 11.6. The summed E-state index contributed by atoms with van der Waals surface area (Å²) in [7, 11) is -3.86. The van der Waals surface area contributed by atoms with Crippen molar-refractivity contribution >= 4 is 15.9 Å². The van der Waals surface area contributed by atoms with Crippen LogP contribution in [0.2, 0.25) is 0 Å². The minimum absolute atomic E-state index is 0.0913. The molecule has 6 nitrogen and oxygen atoms in total. The molecule has 0 aliphatic carbocycles. The fourth-order valence-corrected chi connectivity index (χ4v) is 5.11. The molecular weight excluding hydrogens is 376 g/mol. The largest absolute Gasteiger partial charge is 0.395 e. The first kappa shape index (κ1) is 22.1. The van der Waals surface area contributed by atoms with E-state index in [-0.39, 0.29) is 31.1 Å². The van der Waals surface area contributed by atoms with Crippen molar-refractivity contribution in [1.29, 1.82) is 0 Å². The van der Waals surface area contributed by atoms with E-state index in [1.165, 1.54) is 4.31 Å². The average Bonchev–Trinajstić information content (AvgIpc) is 2.63. The molecule has 0 aliphatic heterocycles. The first-order valence-corrected chi connectivity index (χ1v) is 10.7.